The molecule has 0 amide bonds. The summed E-state index contributed by atoms with van der Waals surface area (Å²) in [7, 11) is 0. The first-order valence-electron chi connectivity index (χ1n) is 14.3. The highest BCUT2D eigenvalue weighted by Crippen LogP contribution is 2.69. The summed E-state index contributed by atoms with van der Waals surface area (Å²) in [6, 6.07) is 2.60. The molecule has 0 radical (unpaired) electrons. The summed E-state index contributed by atoms with van der Waals surface area (Å²) in [5.41, 5.74) is 0.733. The van der Waals surface area contributed by atoms with Crippen molar-refractivity contribution < 1.29 is 5.11 Å². The Hall–Kier alpha value is -0.550. The molecule has 0 aromatic heterocycles. The van der Waals surface area contributed by atoms with Gasteiger partial charge in [-0.05, 0) is 130 Å². The zero-order valence-corrected chi connectivity index (χ0v) is 21.5. The molecule has 5 fully saturated rings. The van der Waals surface area contributed by atoms with Gasteiger partial charge in [-0.3, -0.25) is 0 Å². The van der Waals surface area contributed by atoms with Crippen LogP contribution in [0.4, 0.5) is 0 Å². The van der Waals surface area contributed by atoms with E-state index in [1.54, 1.807) is 0 Å². The lowest BCUT2D eigenvalue weighted by molar-refractivity contribution is -0.152. The maximum Gasteiger partial charge on any atom is 0.0689 e. The predicted molar refractivity (Wildman–Crippen MR) is 131 cm³/mol. The van der Waals surface area contributed by atoms with Gasteiger partial charge in [0.1, 0.15) is 0 Å². The molecular weight excluding hydrogens is 390 g/mol. The van der Waals surface area contributed by atoms with Crippen molar-refractivity contribution in [3.8, 4) is 6.07 Å². The monoisotopic (exact) mass is 439 g/mol. The largest absolute Gasteiger partial charge is 0.390 e. The van der Waals surface area contributed by atoms with Gasteiger partial charge in [-0.25, -0.2) is 0 Å². The van der Waals surface area contributed by atoms with Gasteiger partial charge in [-0.15, -0.1) is 0 Å². The van der Waals surface area contributed by atoms with E-state index in [1.807, 2.05) is 0 Å². The van der Waals surface area contributed by atoms with Gasteiger partial charge in [0, 0.05) is 0 Å². The molecule has 0 heterocycles. The van der Waals surface area contributed by atoms with E-state index in [-0.39, 0.29) is 11.0 Å². The Kier molecular flexibility index (Phi) is 5.80. The Balaban J connectivity index is 1.25. The van der Waals surface area contributed by atoms with E-state index in [0.717, 1.165) is 74.0 Å². The maximum absolute atomic E-state index is 11.0. The van der Waals surface area contributed by atoms with E-state index in [1.165, 1.54) is 57.8 Å². The van der Waals surface area contributed by atoms with Crippen LogP contribution in [0.5, 0.6) is 0 Å². The van der Waals surface area contributed by atoms with Crippen LogP contribution in [0.3, 0.4) is 0 Å². The Labute approximate surface area is 197 Å². The fourth-order valence-electron chi connectivity index (χ4n) is 10.2. The van der Waals surface area contributed by atoms with Crippen LogP contribution >= 0.6 is 0 Å². The lowest BCUT2D eigenvalue weighted by Gasteiger charge is -2.62. The molecule has 5 rings (SSSR count). The highest BCUT2D eigenvalue weighted by Gasteiger charge is 2.61. The molecule has 6 unspecified atom stereocenters. The predicted octanol–water partition coefficient (Wildman–Crippen LogP) is 7.90. The van der Waals surface area contributed by atoms with Crippen molar-refractivity contribution in [2.24, 2.45) is 51.8 Å². The van der Waals surface area contributed by atoms with Gasteiger partial charge in [0.25, 0.3) is 0 Å². The first-order valence-corrected chi connectivity index (χ1v) is 14.3. The fourth-order valence-corrected chi connectivity index (χ4v) is 10.2. The Morgan fingerprint density at radius 3 is 2.38 bits per heavy atom. The van der Waals surface area contributed by atoms with Crippen molar-refractivity contribution >= 4 is 0 Å². The molecule has 0 aliphatic heterocycles. The summed E-state index contributed by atoms with van der Waals surface area (Å²) in [5, 5.41) is 20.5. The summed E-state index contributed by atoms with van der Waals surface area (Å²) >= 11 is 0. The molecule has 2 heteroatoms. The van der Waals surface area contributed by atoms with Crippen LogP contribution < -0.4 is 0 Å². The molecule has 5 aliphatic carbocycles. The van der Waals surface area contributed by atoms with Crippen molar-refractivity contribution in [3.63, 3.8) is 0 Å². The molecule has 1 N–H and O–H groups in total. The Morgan fingerprint density at radius 1 is 0.938 bits per heavy atom. The molecule has 5 aliphatic rings. The number of fused-ring (bicyclic) bond motifs is 5. The lowest BCUT2D eigenvalue weighted by atomic mass is 9.43. The van der Waals surface area contributed by atoms with E-state index < -0.39 is 0 Å². The highest BCUT2D eigenvalue weighted by molar-refractivity contribution is 5.11. The molecule has 0 aromatic rings. The number of nitrogens with zero attached hydrogens (tertiary/aromatic N) is 1. The molecule has 2 nitrogen and oxygen atoms in total. The average molecular weight is 440 g/mol. The molecule has 0 bridgehead atoms. The standard InChI is InChI=1S/C30H49NO/c1-5-30(32)18-15-27(3)22(19-30)8-9-23-25-11-10-24(28(25,4)14-12-26(23)27)21(2)7-6-13-29(20-31)16-17-29/h21-26,32H,5-19H2,1-4H3/t21-,22+,23?,24?,25?,26?,27?,28?,30+/m1/s1. The summed E-state index contributed by atoms with van der Waals surface area (Å²) in [6.07, 6.45) is 18.9. The van der Waals surface area contributed by atoms with E-state index in [4.69, 9.17) is 0 Å². The fraction of sp³-hybridized carbons (Fsp3) is 0.967. The summed E-state index contributed by atoms with van der Waals surface area (Å²) in [5.74, 6) is 5.24. The zero-order chi connectivity index (χ0) is 22.8. The van der Waals surface area contributed by atoms with Gasteiger partial charge in [0.2, 0.25) is 0 Å². The number of rotatable bonds is 6. The minimum Gasteiger partial charge on any atom is -0.390 e. The van der Waals surface area contributed by atoms with Crippen molar-refractivity contribution in [2.45, 2.75) is 130 Å². The maximum atomic E-state index is 11.0. The third kappa shape index (κ3) is 3.59. The van der Waals surface area contributed by atoms with Gasteiger partial charge in [-0.1, -0.05) is 40.5 Å². The van der Waals surface area contributed by atoms with Crippen molar-refractivity contribution in [1.82, 2.24) is 0 Å². The van der Waals surface area contributed by atoms with E-state index in [9.17, 15) is 10.4 Å². The molecule has 9 atom stereocenters. The number of nitriles is 1. The molecule has 32 heavy (non-hydrogen) atoms. The van der Waals surface area contributed by atoms with Crippen LogP contribution in [-0.2, 0) is 0 Å². The SMILES string of the molecule is CC[C@]1(O)CCC2(C)C3CCC4(C)C(CCC4[C@H](C)CCCC4(C#N)CC4)C3CC[C@H]2C1. The van der Waals surface area contributed by atoms with Gasteiger partial charge in [-0.2, -0.15) is 5.26 Å². The van der Waals surface area contributed by atoms with Crippen molar-refractivity contribution in [3.05, 3.63) is 0 Å². The van der Waals surface area contributed by atoms with Crippen LogP contribution in [0.25, 0.3) is 0 Å². The van der Waals surface area contributed by atoms with Crippen LogP contribution in [0.2, 0.25) is 0 Å². The van der Waals surface area contributed by atoms with Gasteiger partial charge < -0.3 is 5.11 Å². The molecule has 0 spiro atoms. The van der Waals surface area contributed by atoms with Crippen LogP contribution in [0.15, 0.2) is 0 Å². The van der Waals surface area contributed by atoms with Crippen molar-refractivity contribution in [1.29, 1.82) is 5.26 Å². The van der Waals surface area contributed by atoms with Gasteiger partial charge >= 0.3 is 0 Å². The normalized spacial score (nSPS) is 49.9. The summed E-state index contributed by atoms with van der Waals surface area (Å²) in [4.78, 5) is 0. The second-order valence-corrected chi connectivity index (χ2v) is 13.9. The first kappa shape index (κ1) is 23.2. The topological polar surface area (TPSA) is 44.0 Å². The van der Waals surface area contributed by atoms with Gasteiger partial charge in [0.05, 0.1) is 17.1 Å². The second-order valence-electron chi connectivity index (χ2n) is 13.9. The first-order chi connectivity index (χ1) is 15.2. The molecule has 5 saturated carbocycles. The Morgan fingerprint density at radius 2 is 1.69 bits per heavy atom. The molecule has 0 saturated heterocycles. The zero-order valence-electron chi connectivity index (χ0n) is 21.5. The second kappa shape index (κ2) is 8.00. The van der Waals surface area contributed by atoms with E-state index in [0.29, 0.717) is 10.8 Å². The third-order valence-corrected chi connectivity index (χ3v) is 12.6. The minimum absolute atomic E-state index is 0.0813. The number of hydrogen-bond acceptors (Lipinski definition) is 2. The summed E-state index contributed by atoms with van der Waals surface area (Å²) in [6.45, 7) is 10.0. The van der Waals surface area contributed by atoms with Crippen LogP contribution in [-0.4, -0.2) is 10.7 Å². The molecular formula is C30H49NO. The third-order valence-electron chi connectivity index (χ3n) is 12.6. The van der Waals surface area contributed by atoms with Crippen LogP contribution in [0.1, 0.15) is 124 Å². The van der Waals surface area contributed by atoms with Crippen LogP contribution in [0, 0.1) is 63.1 Å². The summed E-state index contributed by atoms with van der Waals surface area (Å²) < 4.78 is 0. The van der Waals surface area contributed by atoms with Crippen molar-refractivity contribution in [2.75, 3.05) is 0 Å². The highest BCUT2D eigenvalue weighted by atomic mass is 16.3. The quantitative estimate of drug-likeness (QED) is 0.457. The molecule has 180 valence electrons. The smallest absolute Gasteiger partial charge is 0.0689 e. The number of hydrogen-bond donors (Lipinski definition) is 1. The average Bonchev–Trinajstić information content (AvgIpc) is 3.47. The van der Waals surface area contributed by atoms with Gasteiger partial charge in [0.15, 0.2) is 0 Å². The molecule has 0 aromatic carbocycles. The van der Waals surface area contributed by atoms with E-state index >= 15 is 0 Å². The lowest BCUT2D eigenvalue weighted by Crippen LogP contribution is -2.56. The Bertz CT molecular complexity index is 750. The minimum atomic E-state index is -0.376. The number of aliphatic hydroxyl groups is 1. The van der Waals surface area contributed by atoms with E-state index in [2.05, 4.69) is 33.8 Å².